The van der Waals surface area contributed by atoms with Crippen LogP contribution >= 0.6 is 0 Å². The molecule has 0 saturated carbocycles. The Morgan fingerprint density at radius 3 is 2.52 bits per heavy atom. The maximum atomic E-state index is 11.4. The second-order valence-electron chi connectivity index (χ2n) is 6.00. The van der Waals surface area contributed by atoms with Crippen LogP contribution < -0.4 is 5.43 Å². The number of nitrogens with one attached hydrogen (secondary N) is 1. The standard InChI is InChI=1S/C21H17N3O/c25-14-21-18-7-6-17(16-8-10-22-11-9-16)13-19(18)20(23-24-21)12-15-4-2-1-3-5-15/h1-11,13-14,21,24H,12H2. The highest BCUT2D eigenvalue weighted by molar-refractivity contribution is 6.05. The van der Waals surface area contributed by atoms with Crippen LogP contribution in [0.15, 0.2) is 78.2 Å². The zero-order valence-electron chi connectivity index (χ0n) is 13.6. The van der Waals surface area contributed by atoms with Gasteiger partial charge in [0.25, 0.3) is 0 Å². The van der Waals surface area contributed by atoms with Crippen LogP contribution in [0.5, 0.6) is 0 Å². The number of fused-ring (bicyclic) bond motifs is 1. The zero-order chi connectivity index (χ0) is 17.1. The molecule has 0 fully saturated rings. The molecule has 4 rings (SSSR count). The van der Waals surface area contributed by atoms with Crippen molar-refractivity contribution in [3.63, 3.8) is 0 Å². The highest BCUT2D eigenvalue weighted by atomic mass is 16.1. The van der Waals surface area contributed by atoms with Crippen molar-refractivity contribution in [2.24, 2.45) is 5.10 Å². The van der Waals surface area contributed by atoms with E-state index in [4.69, 9.17) is 0 Å². The molecule has 0 amide bonds. The van der Waals surface area contributed by atoms with Crippen LogP contribution in [0.25, 0.3) is 11.1 Å². The van der Waals surface area contributed by atoms with Crippen molar-refractivity contribution >= 4 is 12.0 Å². The second-order valence-corrected chi connectivity index (χ2v) is 6.00. The van der Waals surface area contributed by atoms with E-state index in [1.54, 1.807) is 12.4 Å². The van der Waals surface area contributed by atoms with Gasteiger partial charge < -0.3 is 4.79 Å². The van der Waals surface area contributed by atoms with Crippen molar-refractivity contribution in [2.45, 2.75) is 12.5 Å². The van der Waals surface area contributed by atoms with Crippen LogP contribution in [-0.4, -0.2) is 17.0 Å². The molecule has 25 heavy (non-hydrogen) atoms. The number of aldehydes is 1. The summed E-state index contributed by atoms with van der Waals surface area (Å²) in [7, 11) is 0. The first-order valence-corrected chi connectivity index (χ1v) is 8.21. The van der Waals surface area contributed by atoms with Gasteiger partial charge in [0.05, 0.1) is 5.71 Å². The Hall–Kier alpha value is -3.27. The van der Waals surface area contributed by atoms with Gasteiger partial charge in [0, 0.05) is 24.4 Å². The lowest BCUT2D eigenvalue weighted by atomic mass is 9.90. The molecule has 1 unspecified atom stereocenters. The number of carbonyl (C=O) groups is 1. The highest BCUT2D eigenvalue weighted by Crippen LogP contribution is 2.28. The van der Waals surface area contributed by atoms with E-state index in [9.17, 15) is 4.79 Å². The Morgan fingerprint density at radius 2 is 1.76 bits per heavy atom. The minimum absolute atomic E-state index is 0.402. The van der Waals surface area contributed by atoms with Gasteiger partial charge in [0.2, 0.25) is 0 Å². The molecular formula is C21H17N3O. The molecule has 4 nitrogen and oxygen atoms in total. The highest BCUT2D eigenvalue weighted by Gasteiger charge is 2.22. The average molecular weight is 327 g/mol. The van der Waals surface area contributed by atoms with E-state index in [1.807, 2.05) is 42.5 Å². The molecule has 122 valence electrons. The first-order chi connectivity index (χ1) is 12.3. The van der Waals surface area contributed by atoms with E-state index in [-0.39, 0.29) is 0 Å². The lowest BCUT2D eigenvalue weighted by Crippen LogP contribution is -2.28. The second kappa shape index (κ2) is 6.69. The third-order valence-electron chi connectivity index (χ3n) is 4.40. The molecule has 2 aromatic carbocycles. The molecule has 4 heteroatoms. The van der Waals surface area contributed by atoms with E-state index in [0.717, 1.165) is 34.3 Å². The van der Waals surface area contributed by atoms with Crippen LogP contribution in [-0.2, 0) is 11.2 Å². The number of benzene rings is 2. The summed E-state index contributed by atoms with van der Waals surface area (Å²) in [5, 5.41) is 4.48. The van der Waals surface area contributed by atoms with Crippen LogP contribution in [0.2, 0.25) is 0 Å². The summed E-state index contributed by atoms with van der Waals surface area (Å²) in [6.45, 7) is 0. The molecule has 0 aliphatic carbocycles. The SMILES string of the molecule is O=CC1NN=C(Cc2ccccc2)c2cc(-c3ccncc3)ccc21. The van der Waals surface area contributed by atoms with Crippen LogP contribution in [0.3, 0.4) is 0 Å². The van der Waals surface area contributed by atoms with E-state index in [2.05, 4.69) is 33.7 Å². The fourth-order valence-electron chi connectivity index (χ4n) is 3.11. The Labute approximate surface area is 146 Å². The molecule has 0 saturated heterocycles. The molecule has 0 bridgehead atoms. The number of hydrazone groups is 1. The predicted molar refractivity (Wildman–Crippen MR) is 98.3 cm³/mol. The number of hydrogen-bond donors (Lipinski definition) is 1. The quantitative estimate of drug-likeness (QED) is 0.746. The number of hydrogen-bond acceptors (Lipinski definition) is 4. The van der Waals surface area contributed by atoms with E-state index in [0.29, 0.717) is 6.42 Å². The molecule has 3 aromatic rings. The monoisotopic (exact) mass is 327 g/mol. The largest absolute Gasteiger partial charge is 0.301 e. The zero-order valence-corrected chi connectivity index (χ0v) is 13.6. The lowest BCUT2D eigenvalue weighted by molar-refractivity contribution is -0.109. The van der Waals surface area contributed by atoms with Gasteiger partial charge in [-0.25, -0.2) is 0 Å². The number of pyridine rings is 1. The van der Waals surface area contributed by atoms with Gasteiger partial charge in [-0.3, -0.25) is 10.4 Å². The summed E-state index contributed by atoms with van der Waals surface area (Å²) < 4.78 is 0. The van der Waals surface area contributed by atoms with Gasteiger partial charge in [-0.15, -0.1) is 0 Å². The first kappa shape index (κ1) is 15.3. The third kappa shape index (κ3) is 3.06. The predicted octanol–water partition coefficient (Wildman–Crippen LogP) is 3.54. The summed E-state index contributed by atoms with van der Waals surface area (Å²) >= 11 is 0. The molecule has 1 N–H and O–H groups in total. The number of aromatic nitrogens is 1. The summed E-state index contributed by atoms with van der Waals surface area (Å²) in [6.07, 6.45) is 5.17. The topological polar surface area (TPSA) is 54.4 Å². The van der Waals surface area contributed by atoms with Gasteiger partial charge in [-0.1, -0.05) is 42.5 Å². The van der Waals surface area contributed by atoms with Crippen molar-refractivity contribution in [1.82, 2.24) is 10.4 Å². The lowest BCUT2D eigenvalue weighted by Gasteiger charge is -2.23. The molecule has 0 radical (unpaired) electrons. The Morgan fingerprint density at radius 1 is 0.960 bits per heavy atom. The van der Waals surface area contributed by atoms with Gasteiger partial charge >= 0.3 is 0 Å². The molecular weight excluding hydrogens is 310 g/mol. The molecule has 1 atom stereocenters. The molecule has 2 heterocycles. The van der Waals surface area contributed by atoms with Gasteiger partial charge in [-0.05, 0) is 40.5 Å². The third-order valence-corrected chi connectivity index (χ3v) is 4.40. The molecule has 1 aromatic heterocycles. The number of nitrogens with zero attached hydrogens (tertiary/aromatic N) is 2. The van der Waals surface area contributed by atoms with Gasteiger partial charge in [0.1, 0.15) is 12.3 Å². The minimum atomic E-state index is -0.402. The van der Waals surface area contributed by atoms with Crippen molar-refractivity contribution in [1.29, 1.82) is 0 Å². The van der Waals surface area contributed by atoms with Crippen molar-refractivity contribution in [3.8, 4) is 11.1 Å². The normalized spacial score (nSPS) is 15.7. The molecule has 0 spiro atoms. The summed E-state index contributed by atoms with van der Waals surface area (Å²) in [4.78, 5) is 15.5. The number of carbonyl (C=O) groups excluding carboxylic acids is 1. The minimum Gasteiger partial charge on any atom is -0.301 e. The molecule has 1 aliphatic heterocycles. The van der Waals surface area contributed by atoms with Gasteiger partial charge in [-0.2, -0.15) is 5.10 Å². The average Bonchev–Trinajstić information content (AvgIpc) is 2.69. The summed E-state index contributed by atoms with van der Waals surface area (Å²) in [5.74, 6) is 0. The van der Waals surface area contributed by atoms with E-state index < -0.39 is 6.04 Å². The summed E-state index contributed by atoms with van der Waals surface area (Å²) in [6, 6.07) is 19.9. The fraction of sp³-hybridized carbons (Fsp3) is 0.0952. The van der Waals surface area contributed by atoms with Crippen molar-refractivity contribution in [3.05, 3.63) is 89.7 Å². The van der Waals surface area contributed by atoms with E-state index in [1.165, 1.54) is 5.56 Å². The van der Waals surface area contributed by atoms with Gasteiger partial charge in [0.15, 0.2) is 0 Å². The Bertz CT molecular complexity index is 920. The van der Waals surface area contributed by atoms with Crippen LogP contribution in [0, 0.1) is 0 Å². The van der Waals surface area contributed by atoms with Crippen molar-refractivity contribution in [2.75, 3.05) is 0 Å². The number of rotatable bonds is 4. The Kier molecular flexibility index (Phi) is 4.09. The van der Waals surface area contributed by atoms with Crippen molar-refractivity contribution < 1.29 is 4.79 Å². The molecule has 1 aliphatic rings. The maximum absolute atomic E-state index is 11.4. The first-order valence-electron chi connectivity index (χ1n) is 8.21. The van der Waals surface area contributed by atoms with Crippen LogP contribution in [0.1, 0.15) is 22.7 Å². The maximum Gasteiger partial charge on any atom is 0.148 e. The Balaban J connectivity index is 1.77. The smallest absolute Gasteiger partial charge is 0.148 e. The van der Waals surface area contributed by atoms with Crippen LogP contribution in [0.4, 0.5) is 0 Å². The fourth-order valence-corrected chi connectivity index (χ4v) is 3.11. The summed E-state index contributed by atoms with van der Waals surface area (Å²) in [5.41, 5.74) is 9.27. The van der Waals surface area contributed by atoms with E-state index >= 15 is 0 Å².